The molecular weight excluding hydrogens is 208 g/mol. The highest BCUT2D eigenvalue weighted by atomic mass is 15.1. The summed E-state index contributed by atoms with van der Waals surface area (Å²) in [6, 6.07) is 10.0. The summed E-state index contributed by atoms with van der Waals surface area (Å²) in [5.74, 6) is 1.29. The SMILES string of the molecule is CC(C)CN(CC(C)C)c1ccc(C#N)cc1. The van der Waals surface area contributed by atoms with E-state index in [1.165, 1.54) is 5.69 Å². The normalized spacial score (nSPS) is 10.6. The molecule has 1 aromatic carbocycles. The lowest BCUT2D eigenvalue weighted by Gasteiger charge is -2.28. The van der Waals surface area contributed by atoms with Crippen LogP contribution >= 0.6 is 0 Å². The fourth-order valence-corrected chi connectivity index (χ4v) is 1.91. The van der Waals surface area contributed by atoms with E-state index in [0.29, 0.717) is 11.8 Å². The molecule has 0 unspecified atom stereocenters. The van der Waals surface area contributed by atoms with Crippen LogP contribution in [0.4, 0.5) is 5.69 Å². The highest BCUT2D eigenvalue weighted by Gasteiger charge is 2.10. The maximum Gasteiger partial charge on any atom is 0.0991 e. The van der Waals surface area contributed by atoms with E-state index in [2.05, 4.69) is 38.7 Å². The van der Waals surface area contributed by atoms with Gasteiger partial charge in [-0.2, -0.15) is 5.26 Å². The van der Waals surface area contributed by atoms with Crippen molar-refractivity contribution in [2.45, 2.75) is 27.7 Å². The van der Waals surface area contributed by atoms with Crippen LogP contribution in [0.2, 0.25) is 0 Å². The van der Waals surface area contributed by atoms with Gasteiger partial charge in [-0.1, -0.05) is 27.7 Å². The van der Waals surface area contributed by atoms with Gasteiger partial charge in [0.05, 0.1) is 11.6 Å². The molecule has 0 saturated carbocycles. The number of nitriles is 1. The Morgan fingerprint density at radius 3 is 1.82 bits per heavy atom. The number of anilines is 1. The molecule has 92 valence electrons. The lowest BCUT2D eigenvalue weighted by molar-refractivity contribution is 0.553. The van der Waals surface area contributed by atoms with Crippen molar-refractivity contribution in [3.63, 3.8) is 0 Å². The first-order chi connectivity index (χ1) is 8.02. The lowest BCUT2D eigenvalue weighted by Crippen LogP contribution is -2.31. The van der Waals surface area contributed by atoms with Crippen molar-refractivity contribution >= 4 is 5.69 Å². The summed E-state index contributed by atoms with van der Waals surface area (Å²) >= 11 is 0. The van der Waals surface area contributed by atoms with Crippen LogP contribution in [-0.4, -0.2) is 13.1 Å². The molecular formula is C15H22N2. The molecule has 2 nitrogen and oxygen atoms in total. The first-order valence-corrected chi connectivity index (χ1v) is 6.28. The molecule has 0 N–H and O–H groups in total. The molecule has 0 saturated heterocycles. The van der Waals surface area contributed by atoms with Gasteiger partial charge in [-0.15, -0.1) is 0 Å². The van der Waals surface area contributed by atoms with Crippen molar-refractivity contribution in [3.8, 4) is 6.07 Å². The average Bonchev–Trinajstić information content (AvgIpc) is 2.27. The van der Waals surface area contributed by atoms with Gasteiger partial charge in [-0.05, 0) is 36.1 Å². The highest BCUT2D eigenvalue weighted by Crippen LogP contribution is 2.18. The van der Waals surface area contributed by atoms with Crippen LogP contribution in [0, 0.1) is 23.2 Å². The number of hydrogen-bond acceptors (Lipinski definition) is 2. The molecule has 17 heavy (non-hydrogen) atoms. The number of hydrogen-bond donors (Lipinski definition) is 0. The van der Waals surface area contributed by atoms with Crippen LogP contribution in [-0.2, 0) is 0 Å². The van der Waals surface area contributed by atoms with E-state index in [4.69, 9.17) is 5.26 Å². The van der Waals surface area contributed by atoms with E-state index in [9.17, 15) is 0 Å². The Kier molecular flexibility index (Phi) is 5.03. The molecule has 0 bridgehead atoms. The lowest BCUT2D eigenvalue weighted by atomic mass is 10.1. The minimum Gasteiger partial charge on any atom is -0.371 e. The molecule has 0 atom stereocenters. The van der Waals surface area contributed by atoms with Crippen molar-refractivity contribution < 1.29 is 0 Å². The summed E-state index contributed by atoms with van der Waals surface area (Å²) < 4.78 is 0. The third-order valence-electron chi connectivity index (χ3n) is 2.53. The molecule has 2 heteroatoms. The second-order valence-electron chi connectivity index (χ2n) is 5.35. The second-order valence-corrected chi connectivity index (χ2v) is 5.35. The van der Waals surface area contributed by atoms with E-state index < -0.39 is 0 Å². The van der Waals surface area contributed by atoms with Gasteiger partial charge in [0.25, 0.3) is 0 Å². The van der Waals surface area contributed by atoms with Crippen molar-refractivity contribution in [3.05, 3.63) is 29.8 Å². The van der Waals surface area contributed by atoms with Gasteiger partial charge >= 0.3 is 0 Å². The third kappa shape index (κ3) is 4.48. The predicted molar refractivity (Wildman–Crippen MR) is 73.0 cm³/mol. The zero-order chi connectivity index (χ0) is 12.8. The standard InChI is InChI=1S/C15H22N2/c1-12(2)10-17(11-13(3)4)15-7-5-14(9-16)6-8-15/h5-8,12-13H,10-11H2,1-4H3. The Morgan fingerprint density at radius 1 is 1.00 bits per heavy atom. The number of rotatable bonds is 5. The number of benzene rings is 1. The van der Waals surface area contributed by atoms with Gasteiger partial charge in [-0.3, -0.25) is 0 Å². The Balaban J connectivity index is 2.84. The molecule has 1 aromatic rings. The Bertz CT molecular complexity index is 361. The first-order valence-electron chi connectivity index (χ1n) is 6.28. The van der Waals surface area contributed by atoms with E-state index in [1.807, 2.05) is 24.3 Å². The van der Waals surface area contributed by atoms with Crippen LogP contribution in [0.1, 0.15) is 33.3 Å². The Hall–Kier alpha value is -1.49. The zero-order valence-corrected chi connectivity index (χ0v) is 11.3. The van der Waals surface area contributed by atoms with Crippen LogP contribution in [0.25, 0.3) is 0 Å². The largest absolute Gasteiger partial charge is 0.371 e. The molecule has 0 amide bonds. The van der Waals surface area contributed by atoms with Gasteiger partial charge in [0.15, 0.2) is 0 Å². The van der Waals surface area contributed by atoms with E-state index in [-0.39, 0.29) is 0 Å². The van der Waals surface area contributed by atoms with Crippen LogP contribution < -0.4 is 4.90 Å². The molecule has 0 aromatic heterocycles. The molecule has 0 spiro atoms. The smallest absolute Gasteiger partial charge is 0.0991 e. The van der Waals surface area contributed by atoms with Crippen molar-refractivity contribution in [2.75, 3.05) is 18.0 Å². The summed E-state index contributed by atoms with van der Waals surface area (Å²) in [5, 5.41) is 8.79. The molecule has 0 fully saturated rings. The van der Waals surface area contributed by atoms with Gasteiger partial charge in [0, 0.05) is 18.8 Å². The maximum atomic E-state index is 8.79. The summed E-state index contributed by atoms with van der Waals surface area (Å²) in [6.45, 7) is 11.1. The Labute approximate surface area is 105 Å². The molecule has 0 heterocycles. The molecule has 0 radical (unpaired) electrons. The average molecular weight is 230 g/mol. The van der Waals surface area contributed by atoms with Crippen LogP contribution in [0.15, 0.2) is 24.3 Å². The minimum atomic E-state index is 0.643. The van der Waals surface area contributed by atoms with E-state index >= 15 is 0 Å². The fraction of sp³-hybridized carbons (Fsp3) is 0.533. The van der Waals surface area contributed by atoms with Gasteiger partial charge in [0.2, 0.25) is 0 Å². The van der Waals surface area contributed by atoms with Crippen LogP contribution in [0.5, 0.6) is 0 Å². The summed E-state index contributed by atoms with van der Waals surface area (Å²) in [5.41, 5.74) is 1.94. The third-order valence-corrected chi connectivity index (χ3v) is 2.53. The van der Waals surface area contributed by atoms with Crippen molar-refractivity contribution in [1.82, 2.24) is 0 Å². The van der Waals surface area contributed by atoms with Gasteiger partial charge in [0.1, 0.15) is 0 Å². The first kappa shape index (κ1) is 13.6. The second kappa shape index (κ2) is 6.30. The van der Waals surface area contributed by atoms with Gasteiger partial charge in [-0.25, -0.2) is 0 Å². The summed E-state index contributed by atoms with van der Waals surface area (Å²) in [4.78, 5) is 2.40. The molecule has 1 rings (SSSR count). The summed E-state index contributed by atoms with van der Waals surface area (Å²) in [6.07, 6.45) is 0. The highest BCUT2D eigenvalue weighted by molar-refractivity contribution is 5.49. The minimum absolute atomic E-state index is 0.643. The van der Waals surface area contributed by atoms with Crippen molar-refractivity contribution in [2.24, 2.45) is 11.8 Å². The zero-order valence-electron chi connectivity index (χ0n) is 11.3. The molecule has 0 aliphatic heterocycles. The molecule has 0 aliphatic rings. The van der Waals surface area contributed by atoms with Crippen LogP contribution in [0.3, 0.4) is 0 Å². The fourth-order valence-electron chi connectivity index (χ4n) is 1.91. The Morgan fingerprint density at radius 2 is 1.47 bits per heavy atom. The quantitative estimate of drug-likeness (QED) is 0.771. The van der Waals surface area contributed by atoms with Gasteiger partial charge < -0.3 is 4.90 Å². The molecule has 0 aliphatic carbocycles. The summed E-state index contributed by atoms with van der Waals surface area (Å²) in [7, 11) is 0. The van der Waals surface area contributed by atoms with Crippen molar-refractivity contribution in [1.29, 1.82) is 5.26 Å². The van der Waals surface area contributed by atoms with E-state index in [1.54, 1.807) is 0 Å². The predicted octanol–water partition coefficient (Wildman–Crippen LogP) is 3.68. The number of nitrogens with zero attached hydrogens (tertiary/aromatic N) is 2. The van der Waals surface area contributed by atoms with E-state index in [0.717, 1.165) is 18.7 Å². The monoisotopic (exact) mass is 230 g/mol. The topological polar surface area (TPSA) is 27.0 Å². The maximum absolute atomic E-state index is 8.79.